The number of rotatable bonds is 7. The molecule has 2 aliphatic heterocycles. The van der Waals surface area contributed by atoms with Gasteiger partial charge in [-0.1, -0.05) is 30.3 Å². The van der Waals surface area contributed by atoms with Crippen molar-refractivity contribution in [1.29, 1.82) is 0 Å². The minimum absolute atomic E-state index is 0.0126. The van der Waals surface area contributed by atoms with Crippen molar-refractivity contribution >= 4 is 21.7 Å². The van der Waals surface area contributed by atoms with E-state index in [1.54, 1.807) is 41.7 Å². The van der Waals surface area contributed by atoms with Crippen molar-refractivity contribution in [2.75, 3.05) is 32.2 Å². The molecule has 3 aromatic rings. The average Bonchev–Trinajstić information content (AvgIpc) is 3.40. The molecule has 0 bridgehead atoms. The third-order valence-corrected chi connectivity index (χ3v) is 9.69. The number of nitrogens with one attached hydrogen (secondary N) is 1. The van der Waals surface area contributed by atoms with Crippen LogP contribution in [0.15, 0.2) is 71.6 Å². The van der Waals surface area contributed by atoms with Crippen molar-refractivity contribution in [3.63, 3.8) is 0 Å². The van der Waals surface area contributed by atoms with E-state index < -0.39 is 15.4 Å². The van der Waals surface area contributed by atoms with Crippen LogP contribution in [-0.2, 0) is 25.0 Å². The first-order valence-electron chi connectivity index (χ1n) is 13.0. The molecule has 0 aliphatic carbocycles. The highest BCUT2D eigenvalue weighted by Gasteiger charge is 2.42. The van der Waals surface area contributed by atoms with Crippen LogP contribution in [0.4, 0.5) is 5.82 Å². The summed E-state index contributed by atoms with van der Waals surface area (Å²) < 4.78 is 38.5. The van der Waals surface area contributed by atoms with Crippen LogP contribution in [0.25, 0.3) is 11.3 Å². The highest BCUT2D eigenvalue weighted by atomic mass is 32.2. The van der Waals surface area contributed by atoms with Gasteiger partial charge in [0.2, 0.25) is 15.9 Å². The quantitative estimate of drug-likeness (QED) is 0.474. The molecule has 1 N–H and O–H groups in total. The third-order valence-electron chi connectivity index (χ3n) is 7.66. The lowest BCUT2D eigenvalue weighted by Gasteiger charge is -2.36. The smallest absolute Gasteiger partial charge is 0.243 e. The van der Waals surface area contributed by atoms with Crippen molar-refractivity contribution in [2.45, 2.75) is 49.0 Å². The molecule has 9 heteroatoms. The second-order valence-electron chi connectivity index (χ2n) is 9.92. The van der Waals surface area contributed by atoms with Gasteiger partial charge in [-0.05, 0) is 74.6 Å². The maximum atomic E-state index is 13.7. The first-order chi connectivity index (χ1) is 18.3. The summed E-state index contributed by atoms with van der Waals surface area (Å²) in [4.78, 5) is 18.6. The summed E-state index contributed by atoms with van der Waals surface area (Å²) >= 11 is 0. The summed E-state index contributed by atoms with van der Waals surface area (Å²) in [5.74, 6) is 1.05. The molecule has 2 saturated heterocycles. The minimum Gasteiger partial charge on any atom is -0.497 e. The standard InChI is InChI=1S/C29H33N3O5S/c1-21-5-4-18-32(21)38(34,35)25-14-8-22(9-15-25)26-6-3-7-27(30-26)31-28(33)29(16-19-37-20-17-29)23-10-12-24(36-2)13-11-23/h3,6-15,21H,4-5,16-20H2,1-2H3,(H,30,31,33)/t21-/m0/s1. The normalized spacial score (nSPS) is 19.7. The van der Waals surface area contributed by atoms with Crippen LogP contribution < -0.4 is 10.1 Å². The van der Waals surface area contributed by atoms with Crippen LogP contribution >= 0.6 is 0 Å². The lowest BCUT2D eigenvalue weighted by Crippen LogP contribution is -2.45. The Hall–Kier alpha value is -3.27. The van der Waals surface area contributed by atoms with Gasteiger partial charge in [0, 0.05) is 31.4 Å². The fourth-order valence-electron chi connectivity index (χ4n) is 5.37. The summed E-state index contributed by atoms with van der Waals surface area (Å²) in [5, 5.41) is 3.03. The Morgan fingerprint density at radius 2 is 1.76 bits per heavy atom. The SMILES string of the molecule is COc1ccc(C2(C(=O)Nc3cccc(-c4ccc(S(=O)(=O)N5CCC[C@@H]5C)cc4)n3)CCOCC2)cc1. The predicted octanol–water partition coefficient (Wildman–Crippen LogP) is 4.62. The molecular weight excluding hydrogens is 502 g/mol. The fraction of sp³-hybridized carbons (Fsp3) is 0.379. The Labute approximate surface area is 224 Å². The molecule has 1 aromatic heterocycles. The van der Waals surface area contributed by atoms with Crippen LogP contribution in [0.1, 0.15) is 38.2 Å². The number of benzene rings is 2. The van der Waals surface area contributed by atoms with Crippen LogP contribution in [0.5, 0.6) is 5.75 Å². The maximum Gasteiger partial charge on any atom is 0.243 e. The molecule has 1 atom stereocenters. The number of aromatic nitrogens is 1. The van der Waals surface area contributed by atoms with Gasteiger partial charge in [-0.3, -0.25) is 4.79 Å². The highest BCUT2D eigenvalue weighted by molar-refractivity contribution is 7.89. The van der Waals surface area contributed by atoms with Crippen LogP contribution in [0, 0.1) is 0 Å². The topological polar surface area (TPSA) is 97.8 Å². The Morgan fingerprint density at radius 1 is 1.05 bits per heavy atom. The fourth-order valence-corrected chi connectivity index (χ4v) is 7.07. The zero-order valence-corrected chi connectivity index (χ0v) is 22.5. The van der Waals surface area contributed by atoms with Crippen LogP contribution in [0.2, 0.25) is 0 Å². The first kappa shape index (κ1) is 26.3. The van der Waals surface area contributed by atoms with Gasteiger partial charge in [0.15, 0.2) is 0 Å². The monoisotopic (exact) mass is 535 g/mol. The van der Waals surface area contributed by atoms with Crippen LogP contribution in [0.3, 0.4) is 0 Å². The Balaban J connectivity index is 1.36. The molecule has 2 fully saturated rings. The molecule has 0 spiro atoms. The van der Waals surface area contributed by atoms with E-state index in [4.69, 9.17) is 9.47 Å². The summed E-state index contributed by atoms with van der Waals surface area (Å²) in [6.07, 6.45) is 2.90. The number of hydrogen-bond donors (Lipinski definition) is 1. The Morgan fingerprint density at radius 3 is 2.39 bits per heavy atom. The molecule has 38 heavy (non-hydrogen) atoms. The molecule has 3 heterocycles. The van der Waals surface area contributed by atoms with E-state index in [9.17, 15) is 13.2 Å². The molecule has 200 valence electrons. The molecule has 8 nitrogen and oxygen atoms in total. The summed E-state index contributed by atoms with van der Waals surface area (Å²) in [6.45, 7) is 3.50. The molecule has 0 unspecified atom stereocenters. The lowest BCUT2D eigenvalue weighted by atomic mass is 9.73. The number of carbonyl (C=O) groups is 1. The number of anilines is 1. The van der Waals surface area contributed by atoms with Gasteiger partial charge in [-0.25, -0.2) is 13.4 Å². The largest absolute Gasteiger partial charge is 0.497 e. The van der Waals surface area contributed by atoms with Gasteiger partial charge in [0.1, 0.15) is 11.6 Å². The number of methoxy groups -OCH3 is 1. The van der Waals surface area contributed by atoms with E-state index in [2.05, 4.69) is 10.3 Å². The molecule has 2 aliphatic rings. The Kier molecular flexibility index (Phi) is 7.52. The average molecular weight is 536 g/mol. The van der Waals surface area contributed by atoms with E-state index in [0.29, 0.717) is 44.1 Å². The summed E-state index contributed by atoms with van der Waals surface area (Å²) in [5.41, 5.74) is 1.60. The van der Waals surface area contributed by atoms with Crippen molar-refractivity contribution in [3.05, 3.63) is 72.3 Å². The first-order valence-corrected chi connectivity index (χ1v) is 14.4. The van der Waals surface area contributed by atoms with Gasteiger partial charge in [0.25, 0.3) is 0 Å². The lowest BCUT2D eigenvalue weighted by molar-refractivity contribution is -0.125. The van der Waals surface area contributed by atoms with Gasteiger partial charge in [-0.15, -0.1) is 0 Å². The highest BCUT2D eigenvalue weighted by Crippen LogP contribution is 2.37. The number of amides is 1. The summed E-state index contributed by atoms with van der Waals surface area (Å²) in [7, 11) is -1.91. The molecule has 2 aromatic carbocycles. The molecule has 1 amide bonds. The summed E-state index contributed by atoms with van der Waals surface area (Å²) in [6, 6.07) is 19.8. The second kappa shape index (κ2) is 10.8. The van der Waals surface area contributed by atoms with E-state index in [1.165, 1.54) is 0 Å². The van der Waals surface area contributed by atoms with E-state index in [-0.39, 0.29) is 16.8 Å². The van der Waals surface area contributed by atoms with Crippen molar-refractivity contribution in [1.82, 2.24) is 9.29 Å². The van der Waals surface area contributed by atoms with Gasteiger partial charge < -0.3 is 14.8 Å². The zero-order valence-electron chi connectivity index (χ0n) is 21.7. The number of pyridine rings is 1. The number of nitrogens with zero attached hydrogens (tertiary/aromatic N) is 2. The predicted molar refractivity (Wildman–Crippen MR) is 146 cm³/mol. The number of ether oxygens (including phenoxy) is 2. The van der Waals surface area contributed by atoms with E-state index in [0.717, 1.165) is 29.7 Å². The minimum atomic E-state index is -3.52. The number of carbonyl (C=O) groups excluding carboxylic acids is 1. The van der Waals surface area contributed by atoms with Crippen LogP contribution in [-0.4, -0.2) is 56.5 Å². The van der Waals surface area contributed by atoms with Crippen molar-refractivity contribution in [3.8, 4) is 17.0 Å². The van der Waals surface area contributed by atoms with Gasteiger partial charge in [-0.2, -0.15) is 4.31 Å². The molecule has 0 radical (unpaired) electrons. The second-order valence-corrected chi connectivity index (χ2v) is 11.8. The molecule has 5 rings (SSSR count). The number of hydrogen-bond acceptors (Lipinski definition) is 6. The molecule has 0 saturated carbocycles. The third kappa shape index (κ3) is 5.06. The van der Waals surface area contributed by atoms with E-state index >= 15 is 0 Å². The van der Waals surface area contributed by atoms with Crippen molar-refractivity contribution < 1.29 is 22.7 Å². The Bertz CT molecular complexity index is 1380. The van der Waals surface area contributed by atoms with Gasteiger partial charge >= 0.3 is 0 Å². The zero-order chi connectivity index (χ0) is 26.8. The van der Waals surface area contributed by atoms with E-state index in [1.807, 2.05) is 43.3 Å². The van der Waals surface area contributed by atoms with Crippen molar-refractivity contribution in [2.24, 2.45) is 0 Å². The number of sulfonamides is 1. The van der Waals surface area contributed by atoms with Gasteiger partial charge in [0.05, 0.1) is 23.1 Å². The molecular formula is C29H33N3O5S. The maximum absolute atomic E-state index is 13.7.